The van der Waals surface area contributed by atoms with Crippen molar-refractivity contribution < 1.29 is 4.79 Å². The highest BCUT2D eigenvalue weighted by Gasteiger charge is 1.72. The number of hydrogen-bond acceptors (Lipinski definition) is 2. The van der Waals surface area contributed by atoms with E-state index in [-0.39, 0.29) is 0 Å². The molecule has 0 unspecified atom stereocenters. The zero-order chi connectivity index (χ0) is 4.83. The summed E-state index contributed by atoms with van der Waals surface area (Å²) in [7, 11) is 1.82. The first-order valence-electron chi connectivity index (χ1n) is 2.00. The normalized spacial score (nSPS) is 8.00. The fourth-order valence-corrected chi connectivity index (χ4v) is 0.203. The average molecular weight is 84.9 g/mol. The van der Waals surface area contributed by atoms with Crippen LogP contribution in [0.1, 0.15) is 6.42 Å². The maximum atomic E-state index is 9.52. The van der Waals surface area contributed by atoms with E-state index in [1.54, 1.807) is 0 Å². The van der Waals surface area contributed by atoms with Gasteiger partial charge in [0.15, 0.2) is 7.98 Å². The maximum absolute atomic E-state index is 9.52. The van der Waals surface area contributed by atoms with Crippen LogP contribution in [0.3, 0.4) is 0 Å². The fraction of sp³-hybridized carbons (Fsp3) is 0.667. The minimum absolute atomic E-state index is 0.622. The van der Waals surface area contributed by atoms with Crippen LogP contribution in [0.5, 0.6) is 0 Å². The Balaban J connectivity index is 2.49. The van der Waals surface area contributed by atoms with E-state index in [2.05, 4.69) is 5.23 Å². The van der Waals surface area contributed by atoms with E-state index >= 15 is 0 Å². The van der Waals surface area contributed by atoms with Crippen molar-refractivity contribution in [1.29, 1.82) is 0 Å². The molecule has 1 N–H and O–H groups in total. The Morgan fingerprint density at radius 1 is 1.83 bits per heavy atom. The largest absolute Gasteiger partial charge is 0.362 e. The summed E-state index contributed by atoms with van der Waals surface area (Å²) in [5.41, 5.74) is 0. The molecule has 0 saturated heterocycles. The molecule has 0 aromatic heterocycles. The van der Waals surface area contributed by atoms with Crippen LogP contribution in [-0.4, -0.2) is 20.8 Å². The van der Waals surface area contributed by atoms with Crippen molar-refractivity contribution in [2.24, 2.45) is 0 Å². The van der Waals surface area contributed by atoms with E-state index in [1.165, 1.54) is 0 Å². The third kappa shape index (κ3) is 3.69. The molecule has 0 aliphatic heterocycles. The highest BCUT2D eigenvalue weighted by Crippen LogP contribution is 1.59. The summed E-state index contributed by atoms with van der Waals surface area (Å²) >= 11 is 0. The van der Waals surface area contributed by atoms with E-state index in [4.69, 9.17) is 0 Å². The summed E-state index contributed by atoms with van der Waals surface area (Å²) in [6, 6.07) is 0. The third-order valence-corrected chi connectivity index (χ3v) is 0.512. The Bertz CT molecular complexity index is 39.8. The van der Waals surface area contributed by atoms with Crippen LogP contribution in [0.2, 0.25) is 0 Å². The number of carbonyl (C=O) groups excluding carboxylic acids is 1. The lowest BCUT2D eigenvalue weighted by Gasteiger charge is -1.84. The molecule has 0 atom stereocenters. The van der Waals surface area contributed by atoms with Crippen LogP contribution in [0.4, 0.5) is 0 Å². The molecule has 0 spiro atoms. The lowest BCUT2D eigenvalue weighted by molar-refractivity contribution is -0.107. The molecule has 0 radical (unpaired) electrons. The van der Waals surface area contributed by atoms with Gasteiger partial charge in [-0.05, 0) is 6.54 Å². The fourth-order valence-electron chi connectivity index (χ4n) is 0.203. The van der Waals surface area contributed by atoms with E-state index in [0.717, 1.165) is 12.8 Å². The number of rotatable bonds is 3. The van der Waals surface area contributed by atoms with Crippen molar-refractivity contribution in [3.63, 3.8) is 0 Å². The Hall–Kier alpha value is -0.305. The van der Waals surface area contributed by atoms with Crippen molar-refractivity contribution in [1.82, 2.24) is 5.23 Å². The van der Waals surface area contributed by atoms with Gasteiger partial charge in [-0.3, -0.25) is 0 Å². The molecule has 0 amide bonds. The molecule has 6 heavy (non-hydrogen) atoms. The number of nitrogens with one attached hydrogen (secondary N) is 1. The summed E-state index contributed by atoms with van der Waals surface area (Å²) in [6.07, 6.45) is 1.52. The zero-order valence-corrected chi connectivity index (χ0v) is 3.90. The van der Waals surface area contributed by atoms with Gasteiger partial charge in [0.25, 0.3) is 0 Å². The van der Waals surface area contributed by atoms with Gasteiger partial charge in [0.1, 0.15) is 6.29 Å². The van der Waals surface area contributed by atoms with Gasteiger partial charge in [-0.1, -0.05) is 0 Å². The maximum Gasteiger partial charge on any atom is 0.181 e. The molecular formula is C3H8BNO. The second kappa shape index (κ2) is 4.69. The third-order valence-electron chi connectivity index (χ3n) is 0.512. The van der Waals surface area contributed by atoms with Gasteiger partial charge in [-0.25, -0.2) is 0 Å². The van der Waals surface area contributed by atoms with Crippen LogP contribution < -0.4 is 5.23 Å². The van der Waals surface area contributed by atoms with Gasteiger partial charge in [0, 0.05) is 6.42 Å². The van der Waals surface area contributed by atoms with E-state index < -0.39 is 0 Å². The minimum Gasteiger partial charge on any atom is -0.362 e. The van der Waals surface area contributed by atoms with Gasteiger partial charge < -0.3 is 10.0 Å². The topological polar surface area (TPSA) is 29.1 Å². The van der Waals surface area contributed by atoms with E-state index in [9.17, 15) is 4.79 Å². The van der Waals surface area contributed by atoms with Crippen LogP contribution >= 0.6 is 0 Å². The molecule has 2 nitrogen and oxygen atoms in total. The molecule has 0 aliphatic carbocycles. The van der Waals surface area contributed by atoms with Gasteiger partial charge in [0.2, 0.25) is 0 Å². The second-order valence-corrected chi connectivity index (χ2v) is 1.06. The first kappa shape index (κ1) is 5.69. The molecule has 34 valence electrons. The lowest BCUT2D eigenvalue weighted by Crippen LogP contribution is -2.09. The lowest BCUT2D eigenvalue weighted by atomic mass is 10.4. The SMILES string of the molecule is BNCCC=O. The molecular weight excluding hydrogens is 76.9 g/mol. The first-order chi connectivity index (χ1) is 2.91. The van der Waals surface area contributed by atoms with E-state index in [1.807, 2.05) is 7.98 Å². The molecule has 0 aromatic rings. The standard InChI is InChI=1S/C3H8BNO/c4-5-2-1-3-6/h3,5H,1-2,4H2. The van der Waals surface area contributed by atoms with Crippen LogP contribution in [0.15, 0.2) is 0 Å². The Morgan fingerprint density at radius 3 is 2.67 bits per heavy atom. The number of hydrogen-bond donors (Lipinski definition) is 1. The monoisotopic (exact) mass is 85.1 g/mol. The van der Waals surface area contributed by atoms with Crippen LogP contribution in [-0.2, 0) is 4.79 Å². The smallest absolute Gasteiger partial charge is 0.181 e. The molecule has 0 bridgehead atoms. The highest BCUT2D eigenvalue weighted by atomic mass is 16.1. The molecule has 0 heterocycles. The van der Waals surface area contributed by atoms with Gasteiger partial charge in [-0.2, -0.15) is 0 Å². The summed E-state index contributed by atoms with van der Waals surface area (Å²) in [5, 5.41) is 2.84. The van der Waals surface area contributed by atoms with Gasteiger partial charge in [0.05, 0.1) is 0 Å². The molecule has 0 rings (SSSR count). The highest BCUT2D eigenvalue weighted by molar-refractivity contribution is 6.04. The molecule has 3 heteroatoms. The van der Waals surface area contributed by atoms with Crippen molar-refractivity contribution in [2.45, 2.75) is 6.42 Å². The van der Waals surface area contributed by atoms with Gasteiger partial charge >= 0.3 is 0 Å². The minimum atomic E-state index is 0.622. The van der Waals surface area contributed by atoms with E-state index in [0.29, 0.717) is 6.42 Å². The van der Waals surface area contributed by atoms with Crippen molar-refractivity contribution in [2.75, 3.05) is 6.54 Å². The Kier molecular flexibility index (Phi) is 4.46. The van der Waals surface area contributed by atoms with Gasteiger partial charge in [-0.15, -0.1) is 0 Å². The predicted octanol–water partition coefficient (Wildman–Crippen LogP) is -1.29. The number of carbonyl (C=O) groups is 1. The average Bonchev–Trinajstić information content (AvgIpc) is 1.61. The summed E-state index contributed by atoms with van der Waals surface area (Å²) in [5.74, 6) is 0. The molecule has 0 saturated carbocycles. The van der Waals surface area contributed by atoms with Crippen molar-refractivity contribution in [3.8, 4) is 0 Å². The molecule has 0 aromatic carbocycles. The molecule has 0 fully saturated rings. The number of aldehydes is 1. The Labute approximate surface area is 38.4 Å². The summed E-state index contributed by atoms with van der Waals surface area (Å²) in [6.45, 7) is 0.795. The first-order valence-corrected chi connectivity index (χ1v) is 2.00. The predicted molar refractivity (Wildman–Crippen MR) is 27.2 cm³/mol. The van der Waals surface area contributed by atoms with Crippen LogP contribution in [0.25, 0.3) is 0 Å². The molecule has 0 aliphatic rings. The zero-order valence-electron chi connectivity index (χ0n) is 3.90. The summed E-state index contributed by atoms with van der Waals surface area (Å²) < 4.78 is 0. The summed E-state index contributed by atoms with van der Waals surface area (Å²) in [4.78, 5) is 9.52. The van der Waals surface area contributed by atoms with Crippen molar-refractivity contribution in [3.05, 3.63) is 0 Å². The second-order valence-electron chi connectivity index (χ2n) is 1.06. The Morgan fingerprint density at radius 2 is 2.50 bits per heavy atom. The van der Waals surface area contributed by atoms with Crippen LogP contribution in [0, 0.1) is 0 Å². The van der Waals surface area contributed by atoms with Crippen molar-refractivity contribution >= 4 is 14.3 Å². The quantitative estimate of drug-likeness (QED) is 0.262.